The molecular formula is C26H21F3N6O3. The Morgan fingerprint density at radius 3 is 2.55 bits per heavy atom. The largest absolute Gasteiger partial charge is 0.491 e. The summed E-state index contributed by atoms with van der Waals surface area (Å²) in [7, 11) is 1.45. The van der Waals surface area contributed by atoms with Crippen LogP contribution >= 0.6 is 0 Å². The number of pyridine rings is 1. The Hall–Kier alpha value is -4.71. The lowest BCUT2D eigenvalue weighted by atomic mass is 10.1. The van der Waals surface area contributed by atoms with Gasteiger partial charge in [-0.2, -0.15) is 9.49 Å². The maximum Gasteiger partial charge on any atom is 0.214 e. The highest BCUT2D eigenvalue weighted by molar-refractivity contribution is 5.92. The summed E-state index contributed by atoms with van der Waals surface area (Å²) in [4.78, 5) is 12.4. The van der Waals surface area contributed by atoms with Gasteiger partial charge in [0.25, 0.3) is 0 Å². The van der Waals surface area contributed by atoms with E-state index in [1.807, 2.05) is 0 Å². The van der Waals surface area contributed by atoms with E-state index in [4.69, 9.17) is 14.6 Å². The van der Waals surface area contributed by atoms with Gasteiger partial charge in [-0.25, -0.2) is 23.7 Å². The van der Waals surface area contributed by atoms with E-state index in [-0.39, 0.29) is 42.7 Å². The van der Waals surface area contributed by atoms with Crippen molar-refractivity contribution in [1.29, 1.82) is 0 Å². The Morgan fingerprint density at radius 1 is 1.03 bits per heavy atom. The molecule has 0 atom stereocenters. The average molecular weight is 522 g/mol. The molecular weight excluding hydrogens is 501 g/mol. The summed E-state index contributed by atoms with van der Waals surface area (Å²) in [6.45, 7) is -0.576. The molecule has 0 saturated heterocycles. The average Bonchev–Trinajstić information content (AvgIpc) is 3.28. The van der Waals surface area contributed by atoms with Gasteiger partial charge in [-0.05, 0) is 12.1 Å². The molecule has 5 aromatic rings. The molecule has 194 valence electrons. The summed E-state index contributed by atoms with van der Waals surface area (Å²) >= 11 is 0. The lowest BCUT2D eigenvalue weighted by Crippen LogP contribution is -2.08. The normalized spacial score (nSPS) is 11.1. The van der Waals surface area contributed by atoms with Crippen molar-refractivity contribution in [2.24, 2.45) is 0 Å². The van der Waals surface area contributed by atoms with Gasteiger partial charge >= 0.3 is 0 Å². The van der Waals surface area contributed by atoms with Gasteiger partial charge in [-0.3, -0.25) is 4.68 Å². The van der Waals surface area contributed by atoms with E-state index in [9.17, 15) is 13.2 Å². The molecule has 0 aliphatic heterocycles. The molecule has 0 aliphatic rings. The predicted molar refractivity (Wildman–Crippen MR) is 133 cm³/mol. The van der Waals surface area contributed by atoms with Crippen LogP contribution in [-0.2, 0) is 6.54 Å². The molecule has 2 aromatic carbocycles. The fraction of sp³-hybridized carbons (Fsp3) is 0.154. The Kier molecular flexibility index (Phi) is 7.05. The van der Waals surface area contributed by atoms with Crippen molar-refractivity contribution in [2.45, 2.75) is 6.54 Å². The molecule has 3 aromatic heterocycles. The van der Waals surface area contributed by atoms with Crippen LogP contribution in [0.2, 0.25) is 0 Å². The lowest BCUT2D eigenvalue weighted by Gasteiger charge is -2.11. The highest BCUT2D eigenvalue weighted by Gasteiger charge is 2.20. The number of anilines is 2. The number of para-hydroxylation sites is 1. The fourth-order valence-electron chi connectivity index (χ4n) is 3.88. The van der Waals surface area contributed by atoms with Crippen LogP contribution in [0.4, 0.5) is 24.7 Å². The number of halogens is 3. The van der Waals surface area contributed by atoms with E-state index in [1.165, 1.54) is 30.3 Å². The van der Waals surface area contributed by atoms with Gasteiger partial charge in [-0.15, -0.1) is 0 Å². The van der Waals surface area contributed by atoms with E-state index < -0.39 is 17.6 Å². The van der Waals surface area contributed by atoms with E-state index in [0.29, 0.717) is 28.0 Å². The lowest BCUT2D eigenvalue weighted by molar-refractivity contribution is 0.200. The number of hydrogen-bond acceptors (Lipinski definition) is 8. The van der Waals surface area contributed by atoms with Crippen LogP contribution in [0.5, 0.6) is 11.5 Å². The second kappa shape index (κ2) is 10.7. The van der Waals surface area contributed by atoms with Crippen LogP contribution in [0.15, 0.2) is 60.9 Å². The molecule has 0 saturated carbocycles. The van der Waals surface area contributed by atoms with Crippen molar-refractivity contribution in [1.82, 2.24) is 24.7 Å². The minimum Gasteiger partial charge on any atom is -0.491 e. The Balaban J connectivity index is 1.54. The first-order valence-electron chi connectivity index (χ1n) is 11.4. The third-order valence-corrected chi connectivity index (χ3v) is 5.62. The van der Waals surface area contributed by atoms with Crippen LogP contribution in [0.25, 0.3) is 22.4 Å². The van der Waals surface area contributed by atoms with Gasteiger partial charge in [-0.1, -0.05) is 18.2 Å². The van der Waals surface area contributed by atoms with Crippen molar-refractivity contribution >= 4 is 22.4 Å². The third-order valence-electron chi connectivity index (χ3n) is 5.62. The SMILES string of the molecule is COc1cnc(-c2nn(Cc3c(F)cc(OCCO)cc3F)c3ccccc23)nc1Nc1ccnc(F)c1. The minimum absolute atomic E-state index is 0.0236. The van der Waals surface area contributed by atoms with Gasteiger partial charge in [0.2, 0.25) is 5.95 Å². The number of rotatable bonds is 9. The number of methoxy groups -OCH3 is 1. The van der Waals surface area contributed by atoms with Crippen molar-refractivity contribution in [3.05, 3.63) is 84.1 Å². The number of ether oxygens (including phenoxy) is 2. The summed E-state index contributed by atoms with van der Waals surface area (Å²) in [6, 6.07) is 12.0. The van der Waals surface area contributed by atoms with E-state index in [0.717, 1.165) is 12.1 Å². The quantitative estimate of drug-likeness (QED) is 0.273. The number of hydrogen-bond donors (Lipinski definition) is 2. The zero-order chi connectivity index (χ0) is 26.6. The summed E-state index contributed by atoms with van der Waals surface area (Å²) < 4.78 is 55.2. The van der Waals surface area contributed by atoms with Crippen LogP contribution < -0.4 is 14.8 Å². The second-order valence-corrected chi connectivity index (χ2v) is 8.06. The van der Waals surface area contributed by atoms with Crippen LogP contribution in [0.3, 0.4) is 0 Å². The zero-order valence-corrected chi connectivity index (χ0v) is 20.0. The molecule has 0 amide bonds. The first kappa shape index (κ1) is 25.0. The molecule has 0 spiro atoms. The summed E-state index contributed by atoms with van der Waals surface area (Å²) in [6.07, 6.45) is 2.76. The standard InChI is InChI=1S/C26H21F3N6O3/c1-37-22-13-31-26(33-25(22)32-15-6-7-30-23(29)10-15)24-17-4-2-3-5-21(17)35(34-24)14-18-19(27)11-16(12-20(18)28)38-9-8-36/h2-7,10-13,36H,8-9,14H2,1H3,(H,30,31,32,33). The first-order valence-corrected chi connectivity index (χ1v) is 11.4. The highest BCUT2D eigenvalue weighted by Crippen LogP contribution is 2.31. The van der Waals surface area contributed by atoms with Crippen molar-refractivity contribution < 1.29 is 27.8 Å². The number of aromatic nitrogens is 5. The highest BCUT2D eigenvalue weighted by atomic mass is 19.1. The summed E-state index contributed by atoms with van der Waals surface area (Å²) in [5, 5.41) is 17.1. The molecule has 0 radical (unpaired) electrons. The molecule has 0 fully saturated rings. The number of nitrogens with one attached hydrogen (secondary N) is 1. The molecule has 9 nitrogen and oxygen atoms in total. The van der Waals surface area contributed by atoms with Crippen molar-refractivity contribution in [3.8, 4) is 23.0 Å². The molecule has 0 aliphatic carbocycles. The van der Waals surface area contributed by atoms with Gasteiger partial charge in [0, 0.05) is 41.0 Å². The topological polar surface area (TPSA) is 107 Å². The first-order chi connectivity index (χ1) is 18.5. The van der Waals surface area contributed by atoms with Crippen molar-refractivity contribution in [2.75, 3.05) is 25.6 Å². The molecule has 3 heterocycles. The second-order valence-electron chi connectivity index (χ2n) is 8.06. The molecule has 5 rings (SSSR count). The smallest absolute Gasteiger partial charge is 0.214 e. The summed E-state index contributed by atoms with van der Waals surface area (Å²) in [5.41, 5.74) is 1.16. The van der Waals surface area contributed by atoms with E-state index >= 15 is 0 Å². The van der Waals surface area contributed by atoms with Gasteiger partial charge < -0.3 is 19.9 Å². The molecule has 2 N–H and O–H groups in total. The fourth-order valence-corrected chi connectivity index (χ4v) is 3.88. The molecule has 38 heavy (non-hydrogen) atoms. The molecule has 0 unspecified atom stereocenters. The van der Waals surface area contributed by atoms with Crippen LogP contribution in [0.1, 0.15) is 5.56 Å². The zero-order valence-electron chi connectivity index (χ0n) is 20.0. The number of fused-ring (bicyclic) bond motifs is 1. The molecule has 12 heteroatoms. The Morgan fingerprint density at radius 2 is 1.82 bits per heavy atom. The van der Waals surface area contributed by atoms with Crippen LogP contribution in [0, 0.1) is 17.6 Å². The Bertz CT molecular complexity index is 1590. The van der Waals surface area contributed by atoms with Crippen LogP contribution in [-0.4, -0.2) is 50.2 Å². The number of benzene rings is 2. The monoisotopic (exact) mass is 522 g/mol. The predicted octanol–water partition coefficient (Wildman–Crippen LogP) is 4.48. The number of aliphatic hydroxyl groups is 1. The maximum atomic E-state index is 14.8. The van der Waals surface area contributed by atoms with Gasteiger partial charge in [0.1, 0.15) is 29.7 Å². The number of aliphatic hydroxyl groups excluding tert-OH is 1. The minimum atomic E-state index is -0.809. The van der Waals surface area contributed by atoms with E-state index in [2.05, 4.69) is 25.4 Å². The van der Waals surface area contributed by atoms with E-state index in [1.54, 1.807) is 30.3 Å². The third kappa shape index (κ3) is 5.06. The number of nitrogens with zero attached hydrogens (tertiary/aromatic N) is 5. The Labute approximate surface area is 214 Å². The maximum absolute atomic E-state index is 14.8. The summed E-state index contributed by atoms with van der Waals surface area (Å²) in [5.74, 6) is -1.53. The van der Waals surface area contributed by atoms with Crippen molar-refractivity contribution in [3.63, 3.8) is 0 Å². The van der Waals surface area contributed by atoms with Gasteiger partial charge in [0.15, 0.2) is 17.4 Å². The molecule has 0 bridgehead atoms. The van der Waals surface area contributed by atoms with Gasteiger partial charge in [0.05, 0.1) is 32.0 Å².